The van der Waals surface area contributed by atoms with E-state index in [1.165, 1.54) is 6.92 Å². The number of fused-ring (bicyclic) bond motifs is 1. The molecule has 4 rings (SSSR count). The van der Waals surface area contributed by atoms with Gasteiger partial charge in [0, 0.05) is 27.8 Å². The van der Waals surface area contributed by atoms with Crippen molar-refractivity contribution in [2.24, 2.45) is 5.16 Å². The van der Waals surface area contributed by atoms with Crippen LogP contribution in [-0.2, 0) is 9.63 Å². The van der Waals surface area contributed by atoms with E-state index in [4.69, 9.17) is 0 Å². The third-order valence-corrected chi connectivity index (χ3v) is 5.93. The summed E-state index contributed by atoms with van der Waals surface area (Å²) in [4.78, 5) is 42.7. The van der Waals surface area contributed by atoms with E-state index >= 15 is 0 Å². The minimum Gasteiger partial charge on any atom is -0.318 e. The van der Waals surface area contributed by atoms with Crippen LogP contribution in [0.15, 0.2) is 93.3 Å². The Morgan fingerprint density at radius 3 is 1.88 bits per heavy atom. The van der Waals surface area contributed by atoms with Crippen LogP contribution in [0.2, 0.25) is 0 Å². The van der Waals surface area contributed by atoms with Gasteiger partial charge in [-0.25, -0.2) is 4.79 Å². The number of rotatable bonds is 5. The van der Waals surface area contributed by atoms with E-state index in [0.29, 0.717) is 16.8 Å². The highest BCUT2D eigenvalue weighted by atomic mass is 32.2. The fourth-order valence-electron chi connectivity index (χ4n) is 3.29. The molecule has 0 atom stereocenters. The molecule has 3 aromatic rings. The Morgan fingerprint density at radius 1 is 0.812 bits per heavy atom. The van der Waals surface area contributed by atoms with Crippen LogP contribution in [-0.4, -0.2) is 23.2 Å². The average molecular weight is 442 g/mol. The Morgan fingerprint density at radius 2 is 1.34 bits per heavy atom. The predicted octanol–water partition coefficient (Wildman–Crippen LogP) is 5.59. The van der Waals surface area contributed by atoms with Gasteiger partial charge in [-0.05, 0) is 48.4 Å². The van der Waals surface area contributed by atoms with Crippen LogP contribution >= 0.6 is 11.8 Å². The van der Waals surface area contributed by atoms with Crippen molar-refractivity contribution < 1.29 is 19.2 Å². The monoisotopic (exact) mass is 441 g/mol. The van der Waals surface area contributed by atoms with E-state index in [9.17, 15) is 14.4 Å². The van der Waals surface area contributed by atoms with Gasteiger partial charge in [0.2, 0.25) is 0 Å². The minimum atomic E-state index is -0.457. The van der Waals surface area contributed by atoms with Crippen molar-refractivity contribution in [3.05, 3.63) is 101 Å². The lowest BCUT2D eigenvalue weighted by atomic mass is 10.1. The molecule has 0 radical (unpaired) electrons. The number of ketones is 2. The molecule has 158 valence electrons. The number of hydrogen-bond donors (Lipinski definition) is 0. The maximum atomic E-state index is 12.5. The van der Waals surface area contributed by atoms with Crippen molar-refractivity contribution in [2.75, 3.05) is 0 Å². The number of nitrogens with zero attached hydrogens (tertiary/aromatic N) is 1. The molecule has 0 fully saturated rings. The summed E-state index contributed by atoms with van der Waals surface area (Å²) < 4.78 is 0. The number of carbonyl (C=O) groups excluding carboxylic acids is 3. The summed E-state index contributed by atoms with van der Waals surface area (Å²) in [6.07, 6.45) is 1.65. The highest BCUT2D eigenvalue weighted by molar-refractivity contribution is 7.99. The molecule has 0 spiro atoms. The third-order valence-electron chi connectivity index (χ3n) is 4.92. The third kappa shape index (κ3) is 4.60. The second kappa shape index (κ2) is 9.16. The van der Waals surface area contributed by atoms with E-state index in [-0.39, 0.29) is 17.1 Å². The van der Waals surface area contributed by atoms with Gasteiger partial charge >= 0.3 is 5.97 Å². The van der Waals surface area contributed by atoms with Gasteiger partial charge in [-0.3, -0.25) is 9.59 Å². The maximum absolute atomic E-state index is 12.5. The van der Waals surface area contributed by atoms with Crippen LogP contribution in [0.3, 0.4) is 0 Å². The largest absolute Gasteiger partial charge is 0.331 e. The van der Waals surface area contributed by atoms with E-state index in [1.54, 1.807) is 49.0 Å². The van der Waals surface area contributed by atoms with Crippen LogP contribution in [0.4, 0.5) is 0 Å². The summed E-state index contributed by atoms with van der Waals surface area (Å²) in [6.45, 7) is 3.08. The Kier molecular flexibility index (Phi) is 6.14. The lowest BCUT2D eigenvalue weighted by Gasteiger charge is -2.05. The molecule has 0 aromatic heterocycles. The molecule has 0 heterocycles. The molecule has 5 nitrogen and oxygen atoms in total. The fourth-order valence-corrected chi connectivity index (χ4v) is 4.10. The highest BCUT2D eigenvalue weighted by Crippen LogP contribution is 2.30. The van der Waals surface area contributed by atoms with Crippen LogP contribution in [0.1, 0.15) is 45.7 Å². The molecule has 1 aliphatic rings. The lowest BCUT2D eigenvalue weighted by Crippen LogP contribution is -2.00. The van der Waals surface area contributed by atoms with Crippen molar-refractivity contribution in [3.63, 3.8) is 0 Å². The minimum absolute atomic E-state index is 0.202. The zero-order valence-corrected chi connectivity index (χ0v) is 18.3. The Hall–Kier alpha value is -3.77. The van der Waals surface area contributed by atoms with Crippen LogP contribution in [0.25, 0.3) is 6.08 Å². The summed E-state index contributed by atoms with van der Waals surface area (Å²) in [7, 11) is 0. The van der Waals surface area contributed by atoms with Crippen molar-refractivity contribution >= 4 is 41.1 Å². The SMILES string of the molecule is CC(=O)O/N=C(\C)c1ccc(Sc2ccc(C=C3C(=O)c4ccccc4C3=O)cc2)cc1. The summed E-state index contributed by atoms with van der Waals surface area (Å²) in [5.74, 6) is -0.907. The number of allylic oxidation sites excluding steroid dienone is 1. The summed E-state index contributed by atoms with van der Waals surface area (Å²) in [5.41, 5.74) is 3.41. The Bertz CT molecular complexity index is 1230. The first-order chi connectivity index (χ1) is 15.4. The zero-order chi connectivity index (χ0) is 22.7. The number of benzene rings is 3. The second-order valence-electron chi connectivity index (χ2n) is 7.22. The molecule has 0 aliphatic heterocycles. The van der Waals surface area contributed by atoms with Crippen molar-refractivity contribution in [1.29, 1.82) is 0 Å². The number of carbonyl (C=O) groups is 3. The number of oxime groups is 1. The molecule has 0 N–H and O–H groups in total. The molecule has 0 saturated carbocycles. The first kappa shape index (κ1) is 21.5. The van der Waals surface area contributed by atoms with Gasteiger partial charge in [0.1, 0.15) is 0 Å². The summed E-state index contributed by atoms with van der Waals surface area (Å²) in [6, 6.07) is 22.4. The fraction of sp³-hybridized carbons (Fsp3) is 0.0769. The average Bonchev–Trinajstić information content (AvgIpc) is 3.04. The molecule has 3 aromatic carbocycles. The van der Waals surface area contributed by atoms with E-state index < -0.39 is 5.97 Å². The molecule has 0 saturated heterocycles. The van der Waals surface area contributed by atoms with Crippen molar-refractivity contribution in [1.82, 2.24) is 0 Å². The van der Waals surface area contributed by atoms with E-state index in [0.717, 1.165) is 20.9 Å². The first-order valence-corrected chi connectivity index (χ1v) is 10.7. The normalized spacial score (nSPS) is 13.2. The molecule has 32 heavy (non-hydrogen) atoms. The van der Waals surface area contributed by atoms with Crippen molar-refractivity contribution in [2.45, 2.75) is 23.6 Å². The molecule has 0 unspecified atom stereocenters. The summed E-state index contributed by atoms with van der Waals surface area (Å²) in [5, 5.41) is 3.79. The van der Waals surface area contributed by atoms with Gasteiger partial charge < -0.3 is 4.84 Å². The second-order valence-corrected chi connectivity index (χ2v) is 8.36. The predicted molar refractivity (Wildman–Crippen MR) is 124 cm³/mol. The van der Waals surface area contributed by atoms with Crippen LogP contribution < -0.4 is 0 Å². The molecule has 0 amide bonds. The van der Waals surface area contributed by atoms with Gasteiger partial charge in [0.25, 0.3) is 0 Å². The summed E-state index contributed by atoms with van der Waals surface area (Å²) >= 11 is 1.59. The van der Waals surface area contributed by atoms with Crippen molar-refractivity contribution in [3.8, 4) is 0 Å². The van der Waals surface area contributed by atoms with E-state index in [2.05, 4.69) is 9.99 Å². The molecular weight excluding hydrogens is 422 g/mol. The quantitative estimate of drug-likeness (QED) is 0.170. The maximum Gasteiger partial charge on any atom is 0.331 e. The van der Waals surface area contributed by atoms with Crippen LogP contribution in [0.5, 0.6) is 0 Å². The van der Waals surface area contributed by atoms with Gasteiger partial charge in [-0.15, -0.1) is 0 Å². The first-order valence-electron chi connectivity index (χ1n) is 9.93. The smallest absolute Gasteiger partial charge is 0.318 e. The van der Waals surface area contributed by atoms with Gasteiger partial charge in [0.05, 0.1) is 11.3 Å². The van der Waals surface area contributed by atoms with E-state index in [1.807, 2.05) is 48.5 Å². The molecule has 0 bridgehead atoms. The number of hydrogen-bond acceptors (Lipinski definition) is 6. The topological polar surface area (TPSA) is 72.8 Å². The lowest BCUT2D eigenvalue weighted by molar-refractivity contribution is -0.140. The zero-order valence-electron chi connectivity index (χ0n) is 17.5. The van der Waals surface area contributed by atoms with Crippen LogP contribution in [0, 0.1) is 0 Å². The van der Waals surface area contributed by atoms with Gasteiger partial charge in [-0.1, -0.05) is 65.4 Å². The highest BCUT2D eigenvalue weighted by Gasteiger charge is 2.32. The molecule has 1 aliphatic carbocycles. The standard InChI is InChI=1S/C26H19NO4S/c1-16(27-31-17(2)28)19-9-13-21(14-10-19)32-20-11-7-18(8-12-20)15-24-25(29)22-5-3-4-6-23(22)26(24)30/h3-15H,1-2H3/b27-16+. The Labute approximate surface area is 189 Å². The molecular formula is C26H19NO4S. The molecule has 6 heteroatoms. The van der Waals surface area contributed by atoms with Gasteiger partial charge in [0.15, 0.2) is 11.6 Å². The van der Waals surface area contributed by atoms with Gasteiger partial charge in [-0.2, -0.15) is 0 Å². The number of Topliss-reactive ketones (excluding diaryl/α,β-unsaturated/α-hetero) is 2. The Balaban J connectivity index is 1.45.